The summed E-state index contributed by atoms with van der Waals surface area (Å²) in [5, 5.41) is 18.7. The second-order valence-electron chi connectivity index (χ2n) is 13.2. The molecule has 0 spiro atoms. The molecular weight excluding hydrogens is 490 g/mol. The lowest BCUT2D eigenvalue weighted by atomic mass is 9.47. The van der Waals surface area contributed by atoms with E-state index < -0.39 is 0 Å². The maximum atomic E-state index is 10.4. The molecule has 3 fully saturated rings. The Balaban J connectivity index is 1.19. The Bertz CT molecular complexity index is 1260. The van der Waals surface area contributed by atoms with E-state index in [0.717, 1.165) is 59.8 Å². The van der Waals surface area contributed by atoms with Gasteiger partial charge in [0.15, 0.2) is 0 Å². The Hall–Kier alpha value is -2.17. The molecule has 1 N–H and O–H groups in total. The third-order valence-corrected chi connectivity index (χ3v) is 11.8. The minimum Gasteiger partial charge on any atom is -0.393 e. The SMILES string of the molecule is C[C@]12CC[C@H]3[C@@H](CC=C4C[C@@H](O)CC[C@@]43C)[C@@H]1CC[C@@H]2C1=NN(c2ccc(Cl)cc2)C(c2ccccn2)C1. The Labute approximate surface area is 232 Å². The van der Waals surface area contributed by atoms with Crippen molar-refractivity contribution < 1.29 is 5.11 Å². The lowest BCUT2D eigenvalue weighted by molar-refractivity contribution is -0.0424. The summed E-state index contributed by atoms with van der Waals surface area (Å²) in [6.45, 7) is 5.13. The topological polar surface area (TPSA) is 48.7 Å². The molecule has 0 bridgehead atoms. The molecule has 2 heterocycles. The summed E-state index contributed by atoms with van der Waals surface area (Å²) in [4.78, 5) is 4.75. The highest BCUT2D eigenvalue weighted by molar-refractivity contribution is 6.30. The van der Waals surface area contributed by atoms with Gasteiger partial charge in [0.1, 0.15) is 0 Å². The average Bonchev–Trinajstić information content (AvgIpc) is 3.51. The van der Waals surface area contributed by atoms with Crippen molar-refractivity contribution in [3.05, 3.63) is 71.0 Å². The number of rotatable bonds is 3. The minimum atomic E-state index is -0.133. The number of nitrogens with zero attached hydrogens (tertiary/aromatic N) is 3. The molecule has 200 valence electrons. The van der Waals surface area contributed by atoms with Crippen molar-refractivity contribution in [2.45, 2.75) is 83.8 Å². The number of anilines is 1. The molecule has 4 aliphatic carbocycles. The van der Waals surface area contributed by atoms with E-state index in [-0.39, 0.29) is 12.1 Å². The summed E-state index contributed by atoms with van der Waals surface area (Å²) in [5.41, 5.74) is 5.70. The number of halogens is 1. The highest BCUT2D eigenvalue weighted by Crippen LogP contribution is 2.66. The first-order chi connectivity index (χ1) is 18.4. The normalized spacial score (nSPS) is 40.2. The Morgan fingerprint density at radius 1 is 0.947 bits per heavy atom. The molecule has 1 unspecified atom stereocenters. The fraction of sp³-hybridized carbons (Fsp3) is 0.576. The van der Waals surface area contributed by atoms with E-state index in [1.165, 1.54) is 37.8 Å². The van der Waals surface area contributed by atoms with Gasteiger partial charge < -0.3 is 5.11 Å². The fourth-order valence-electron chi connectivity index (χ4n) is 9.57. The predicted molar refractivity (Wildman–Crippen MR) is 154 cm³/mol. The molecule has 0 saturated heterocycles. The van der Waals surface area contributed by atoms with Crippen LogP contribution >= 0.6 is 11.6 Å². The molecular formula is C33H40ClN3O. The van der Waals surface area contributed by atoms with Crippen LogP contribution in [0, 0.1) is 34.5 Å². The van der Waals surface area contributed by atoms with E-state index in [2.05, 4.69) is 49.2 Å². The Kier molecular flexibility index (Phi) is 6.01. The Morgan fingerprint density at radius 2 is 1.79 bits per heavy atom. The monoisotopic (exact) mass is 529 g/mol. The fourth-order valence-corrected chi connectivity index (χ4v) is 9.69. The molecule has 38 heavy (non-hydrogen) atoms. The van der Waals surface area contributed by atoms with Gasteiger partial charge in [0.25, 0.3) is 0 Å². The summed E-state index contributed by atoms with van der Waals surface area (Å²) in [6, 6.07) is 14.4. The first kappa shape index (κ1) is 24.8. The lowest BCUT2D eigenvalue weighted by Crippen LogP contribution is -2.51. The standard InChI is InChI=1S/C33H40ClN3O/c1-32-16-14-24(38)19-21(32)6-11-25-26-12-13-28(33(26,2)17-15-27(25)32)30-20-31(29-5-3-4-18-35-29)37(36-30)23-9-7-22(34)8-10-23/h3-10,18,24-28,31,38H,11-17,19-20H2,1-2H3/t24-,25-,26-,27-,28+,31?,32-,33-/m0/s1. The Morgan fingerprint density at radius 3 is 2.58 bits per heavy atom. The largest absolute Gasteiger partial charge is 0.393 e. The van der Waals surface area contributed by atoms with E-state index in [4.69, 9.17) is 21.7 Å². The van der Waals surface area contributed by atoms with Gasteiger partial charge in [-0.05, 0) is 116 Å². The first-order valence-corrected chi connectivity index (χ1v) is 15.2. The molecule has 5 heteroatoms. The van der Waals surface area contributed by atoms with E-state index in [9.17, 15) is 5.11 Å². The number of fused-ring (bicyclic) bond motifs is 5. The van der Waals surface area contributed by atoms with Crippen LogP contribution in [-0.2, 0) is 0 Å². The van der Waals surface area contributed by atoms with Gasteiger partial charge in [-0.3, -0.25) is 9.99 Å². The van der Waals surface area contributed by atoms with Crippen LogP contribution in [0.3, 0.4) is 0 Å². The molecule has 1 aliphatic heterocycles. The minimum absolute atomic E-state index is 0.124. The highest BCUT2D eigenvalue weighted by Gasteiger charge is 2.59. The number of hydrogen-bond acceptors (Lipinski definition) is 4. The zero-order chi connectivity index (χ0) is 26.1. The summed E-state index contributed by atoms with van der Waals surface area (Å²) >= 11 is 6.23. The van der Waals surface area contributed by atoms with E-state index in [1.54, 1.807) is 5.57 Å². The van der Waals surface area contributed by atoms with Crippen molar-refractivity contribution in [2.24, 2.45) is 39.6 Å². The average molecular weight is 530 g/mol. The van der Waals surface area contributed by atoms with Crippen LogP contribution in [0.15, 0.2) is 65.4 Å². The number of aromatic nitrogens is 1. The van der Waals surface area contributed by atoms with Crippen LogP contribution in [0.5, 0.6) is 0 Å². The zero-order valence-corrected chi connectivity index (χ0v) is 23.4. The lowest BCUT2D eigenvalue weighted by Gasteiger charge is -2.58. The van der Waals surface area contributed by atoms with E-state index in [1.807, 2.05) is 24.4 Å². The second-order valence-corrected chi connectivity index (χ2v) is 13.7. The summed E-state index contributed by atoms with van der Waals surface area (Å²) in [5.74, 6) is 2.82. The summed E-state index contributed by atoms with van der Waals surface area (Å²) in [7, 11) is 0. The van der Waals surface area contributed by atoms with E-state index in [0.29, 0.717) is 16.7 Å². The molecule has 0 radical (unpaired) electrons. The summed E-state index contributed by atoms with van der Waals surface area (Å²) in [6.07, 6.45) is 14.7. The first-order valence-electron chi connectivity index (χ1n) is 14.8. The van der Waals surface area contributed by atoms with Crippen molar-refractivity contribution in [3.8, 4) is 0 Å². The number of hydrazone groups is 1. The molecule has 7 rings (SSSR count). The molecule has 3 saturated carbocycles. The van der Waals surface area contributed by atoms with Crippen LogP contribution in [-0.4, -0.2) is 21.9 Å². The van der Waals surface area contributed by atoms with Crippen LogP contribution < -0.4 is 5.01 Å². The van der Waals surface area contributed by atoms with Gasteiger partial charge in [-0.15, -0.1) is 0 Å². The third kappa shape index (κ3) is 3.81. The van der Waals surface area contributed by atoms with Crippen molar-refractivity contribution >= 4 is 23.0 Å². The molecule has 1 aromatic heterocycles. The molecule has 1 aromatic carbocycles. The number of allylic oxidation sites excluding steroid dienone is 1. The predicted octanol–water partition coefficient (Wildman–Crippen LogP) is 7.98. The maximum Gasteiger partial charge on any atom is 0.0998 e. The van der Waals surface area contributed by atoms with Gasteiger partial charge in [0.2, 0.25) is 0 Å². The van der Waals surface area contributed by atoms with E-state index >= 15 is 0 Å². The zero-order valence-electron chi connectivity index (χ0n) is 22.7. The molecule has 2 aromatic rings. The second kappa shape index (κ2) is 9.20. The van der Waals surface area contributed by atoms with Gasteiger partial charge in [0.05, 0.1) is 23.5 Å². The van der Waals surface area contributed by atoms with Gasteiger partial charge in [-0.25, -0.2) is 0 Å². The van der Waals surface area contributed by atoms with Crippen LogP contribution in [0.4, 0.5) is 5.69 Å². The molecule has 0 amide bonds. The quantitative estimate of drug-likeness (QED) is 0.410. The number of aliphatic hydroxyl groups is 1. The van der Waals surface area contributed by atoms with Gasteiger partial charge >= 0.3 is 0 Å². The van der Waals surface area contributed by atoms with Crippen molar-refractivity contribution in [1.82, 2.24) is 4.98 Å². The number of pyridine rings is 1. The van der Waals surface area contributed by atoms with Crippen LogP contribution in [0.25, 0.3) is 0 Å². The highest BCUT2D eigenvalue weighted by atomic mass is 35.5. The maximum absolute atomic E-state index is 10.4. The smallest absolute Gasteiger partial charge is 0.0998 e. The van der Waals surface area contributed by atoms with Crippen LogP contribution in [0.2, 0.25) is 5.02 Å². The van der Waals surface area contributed by atoms with Crippen molar-refractivity contribution in [3.63, 3.8) is 0 Å². The van der Waals surface area contributed by atoms with Gasteiger partial charge in [-0.2, -0.15) is 5.10 Å². The molecule has 5 aliphatic rings. The van der Waals surface area contributed by atoms with Gasteiger partial charge in [0, 0.05) is 29.3 Å². The number of hydrogen-bond donors (Lipinski definition) is 1. The van der Waals surface area contributed by atoms with Crippen molar-refractivity contribution in [2.75, 3.05) is 5.01 Å². The molecule has 4 nitrogen and oxygen atoms in total. The van der Waals surface area contributed by atoms with Crippen molar-refractivity contribution in [1.29, 1.82) is 0 Å². The summed E-state index contributed by atoms with van der Waals surface area (Å²) < 4.78 is 0. The number of benzene rings is 1. The number of aliphatic hydroxyl groups excluding tert-OH is 1. The van der Waals surface area contributed by atoms with Gasteiger partial charge in [-0.1, -0.05) is 43.2 Å². The molecule has 8 atom stereocenters. The third-order valence-electron chi connectivity index (χ3n) is 11.5. The van der Waals surface area contributed by atoms with Crippen LogP contribution in [0.1, 0.15) is 83.4 Å².